The zero-order valence-electron chi connectivity index (χ0n) is 14.2. The van der Waals surface area contributed by atoms with Crippen molar-refractivity contribution in [2.45, 2.75) is 37.6 Å². The molecule has 1 heterocycles. The van der Waals surface area contributed by atoms with Gasteiger partial charge in [0.1, 0.15) is 0 Å². The number of hydrogen-bond donors (Lipinski definition) is 2. The number of aliphatic imine (C=N–C) groups is 1. The predicted octanol–water partition coefficient (Wildman–Crippen LogP) is 2.59. The third kappa shape index (κ3) is 4.59. The number of rotatable bonds is 4. The first-order valence-electron chi connectivity index (χ1n) is 8.50. The number of benzene rings is 1. The lowest BCUT2D eigenvalue weighted by Gasteiger charge is -2.22. The van der Waals surface area contributed by atoms with E-state index in [4.69, 9.17) is 0 Å². The van der Waals surface area contributed by atoms with Crippen molar-refractivity contribution in [2.24, 2.45) is 4.99 Å². The standard InChI is InChI=1S/C18H28N4.HI/c1-19-18(21-13-16-7-5-11-22(16)2)20-12-15-10-9-14-6-3-4-8-17(14)15;/h3-4,6,8,15-16H,5,7,9-13H2,1-2H3,(H2,19,20,21);1H. The first kappa shape index (κ1) is 18.5. The smallest absolute Gasteiger partial charge is 0.191 e. The molecule has 3 rings (SSSR count). The minimum absolute atomic E-state index is 0. The molecule has 1 aromatic carbocycles. The SMILES string of the molecule is CN=C(NCC1CCc2ccccc21)NCC1CCCN1C.I. The highest BCUT2D eigenvalue weighted by Gasteiger charge is 2.23. The highest BCUT2D eigenvalue weighted by molar-refractivity contribution is 14.0. The first-order chi connectivity index (χ1) is 10.8. The van der Waals surface area contributed by atoms with Crippen molar-refractivity contribution in [2.75, 3.05) is 33.7 Å². The van der Waals surface area contributed by atoms with Gasteiger partial charge in [0.15, 0.2) is 5.96 Å². The first-order valence-corrected chi connectivity index (χ1v) is 8.50. The van der Waals surface area contributed by atoms with E-state index in [1.165, 1.54) is 43.4 Å². The van der Waals surface area contributed by atoms with E-state index in [-0.39, 0.29) is 24.0 Å². The molecule has 23 heavy (non-hydrogen) atoms. The molecule has 2 aliphatic rings. The van der Waals surface area contributed by atoms with Crippen LogP contribution in [-0.4, -0.2) is 50.6 Å². The number of likely N-dealkylation sites (N-methyl/N-ethyl adjacent to an activating group) is 1. The summed E-state index contributed by atoms with van der Waals surface area (Å²) in [5.74, 6) is 1.55. The molecule has 2 atom stereocenters. The van der Waals surface area contributed by atoms with Gasteiger partial charge in [-0.25, -0.2) is 0 Å². The quantitative estimate of drug-likeness (QED) is 0.440. The van der Waals surface area contributed by atoms with Gasteiger partial charge in [0.2, 0.25) is 0 Å². The van der Waals surface area contributed by atoms with Gasteiger partial charge in [0, 0.05) is 32.1 Å². The lowest BCUT2D eigenvalue weighted by Crippen LogP contribution is -2.44. The Morgan fingerprint density at radius 3 is 2.74 bits per heavy atom. The summed E-state index contributed by atoms with van der Waals surface area (Å²) >= 11 is 0. The number of fused-ring (bicyclic) bond motifs is 1. The maximum absolute atomic E-state index is 4.37. The average Bonchev–Trinajstić information content (AvgIpc) is 3.14. The van der Waals surface area contributed by atoms with Crippen LogP contribution in [0.5, 0.6) is 0 Å². The maximum Gasteiger partial charge on any atom is 0.191 e. The highest BCUT2D eigenvalue weighted by Crippen LogP contribution is 2.32. The van der Waals surface area contributed by atoms with Gasteiger partial charge in [-0.1, -0.05) is 24.3 Å². The van der Waals surface area contributed by atoms with Crippen molar-refractivity contribution in [3.05, 3.63) is 35.4 Å². The fourth-order valence-corrected chi connectivity index (χ4v) is 3.75. The lowest BCUT2D eigenvalue weighted by atomic mass is 10.0. The minimum atomic E-state index is 0. The highest BCUT2D eigenvalue weighted by atomic mass is 127. The van der Waals surface area contributed by atoms with Crippen molar-refractivity contribution in [1.82, 2.24) is 15.5 Å². The molecule has 128 valence electrons. The number of nitrogens with zero attached hydrogens (tertiary/aromatic N) is 2. The zero-order chi connectivity index (χ0) is 15.4. The van der Waals surface area contributed by atoms with E-state index >= 15 is 0 Å². The number of likely N-dealkylation sites (tertiary alicyclic amines) is 1. The van der Waals surface area contributed by atoms with Crippen molar-refractivity contribution in [1.29, 1.82) is 0 Å². The second kappa shape index (κ2) is 8.87. The van der Waals surface area contributed by atoms with E-state index in [9.17, 15) is 0 Å². The Bertz CT molecular complexity index is 532. The molecule has 0 saturated carbocycles. The van der Waals surface area contributed by atoms with Gasteiger partial charge in [-0.2, -0.15) is 0 Å². The summed E-state index contributed by atoms with van der Waals surface area (Å²) in [6, 6.07) is 9.48. The van der Waals surface area contributed by atoms with Gasteiger partial charge in [-0.15, -0.1) is 24.0 Å². The molecule has 0 bridgehead atoms. The fourth-order valence-electron chi connectivity index (χ4n) is 3.75. The van der Waals surface area contributed by atoms with Gasteiger partial charge >= 0.3 is 0 Å². The minimum Gasteiger partial charge on any atom is -0.356 e. The van der Waals surface area contributed by atoms with E-state index in [1.807, 2.05) is 7.05 Å². The Morgan fingerprint density at radius 1 is 1.22 bits per heavy atom. The molecule has 5 heteroatoms. The Kier molecular flexibility index (Phi) is 7.14. The second-order valence-corrected chi connectivity index (χ2v) is 6.55. The molecule has 2 unspecified atom stereocenters. The molecule has 1 aliphatic carbocycles. The van der Waals surface area contributed by atoms with Crippen LogP contribution in [0.3, 0.4) is 0 Å². The number of nitrogens with one attached hydrogen (secondary N) is 2. The number of aryl methyl sites for hydroxylation is 1. The summed E-state index contributed by atoms with van der Waals surface area (Å²) in [4.78, 5) is 6.80. The summed E-state index contributed by atoms with van der Waals surface area (Å²) < 4.78 is 0. The molecule has 0 amide bonds. The van der Waals surface area contributed by atoms with Crippen molar-refractivity contribution < 1.29 is 0 Å². The molecular formula is C18H29IN4. The summed E-state index contributed by atoms with van der Waals surface area (Å²) in [5.41, 5.74) is 3.03. The zero-order valence-corrected chi connectivity index (χ0v) is 16.5. The Morgan fingerprint density at radius 2 is 2.00 bits per heavy atom. The molecule has 1 aromatic rings. The van der Waals surface area contributed by atoms with E-state index in [0.29, 0.717) is 12.0 Å². The maximum atomic E-state index is 4.37. The van der Waals surface area contributed by atoms with Crippen LogP contribution in [0, 0.1) is 0 Å². The summed E-state index contributed by atoms with van der Waals surface area (Å²) in [6.45, 7) is 3.17. The summed E-state index contributed by atoms with van der Waals surface area (Å²) in [6.07, 6.45) is 5.06. The Labute approximate surface area is 157 Å². The number of hydrogen-bond acceptors (Lipinski definition) is 2. The Hall–Kier alpha value is -0.820. The van der Waals surface area contributed by atoms with Crippen molar-refractivity contribution >= 4 is 29.9 Å². The van der Waals surface area contributed by atoms with Gasteiger partial charge in [0.05, 0.1) is 0 Å². The number of guanidine groups is 1. The van der Waals surface area contributed by atoms with Gasteiger partial charge in [0.25, 0.3) is 0 Å². The molecule has 0 radical (unpaired) electrons. The van der Waals surface area contributed by atoms with Gasteiger partial charge in [-0.05, 0) is 50.4 Å². The van der Waals surface area contributed by atoms with Crippen LogP contribution >= 0.6 is 24.0 Å². The molecule has 4 nitrogen and oxygen atoms in total. The van der Waals surface area contributed by atoms with Crippen LogP contribution in [-0.2, 0) is 6.42 Å². The van der Waals surface area contributed by atoms with Gasteiger partial charge in [-0.3, -0.25) is 4.99 Å². The third-order valence-electron chi connectivity index (χ3n) is 5.17. The molecule has 1 fully saturated rings. The second-order valence-electron chi connectivity index (χ2n) is 6.55. The van der Waals surface area contributed by atoms with Crippen LogP contribution in [0.1, 0.15) is 36.3 Å². The molecular weight excluding hydrogens is 399 g/mol. The van der Waals surface area contributed by atoms with Crippen LogP contribution in [0.15, 0.2) is 29.3 Å². The van der Waals surface area contributed by atoms with E-state index in [1.54, 1.807) is 0 Å². The molecule has 1 aliphatic heterocycles. The van der Waals surface area contributed by atoms with E-state index in [2.05, 4.69) is 51.8 Å². The van der Waals surface area contributed by atoms with Crippen LogP contribution in [0.4, 0.5) is 0 Å². The van der Waals surface area contributed by atoms with Gasteiger partial charge < -0.3 is 15.5 Å². The van der Waals surface area contributed by atoms with Crippen LogP contribution in [0.2, 0.25) is 0 Å². The number of halogens is 1. The monoisotopic (exact) mass is 428 g/mol. The molecule has 0 aromatic heterocycles. The van der Waals surface area contributed by atoms with Crippen molar-refractivity contribution in [3.8, 4) is 0 Å². The average molecular weight is 428 g/mol. The predicted molar refractivity (Wildman–Crippen MR) is 108 cm³/mol. The van der Waals surface area contributed by atoms with E-state index in [0.717, 1.165) is 19.0 Å². The fraction of sp³-hybridized carbons (Fsp3) is 0.611. The largest absolute Gasteiger partial charge is 0.356 e. The molecule has 1 saturated heterocycles. The molecule has 2 N–H and O–H groups in total. The third-order valence-corrected chi connectivity index (χ3v) is 5.17. The molecule has 0 spiro atoms. The summed E-state index contributed by atoms with van der Waals surface area (Å²) in [7, 11) is 4.07. The lowest BCUT2D eigenvalue weighted by molar-refractivity contribution is 0.309. The summed E-state index contributed by atoms with van der Waals surface area (Å²) in [5, 5.41) is 7.00. The van der Waals surface area contributed by atoms with E-state index < -0.39 is 0 Å². The van der Waals surface area contributed by atoms with Crippen LogP contribution < -0.4 is 10.6 Å². The van der Waals surface area contributed by atoms with Crippen LogP contribution in [0.25, 0.3) is 0 Å². The van der Waals surface area contributed by atoms with Crippen molar-refractivity contribution in [3.63, 3.8) is 0 Å². The topological polar surface area (TPSA) is 39.7 Å². The Balaban J connectivity index is 0.00000192. The normalized spacial score (nSPS) is 24.2.